The second-order valence-corrected chi connectivity index (χ2v) is 5.87. The first kappa shape index (κ1) is 17.5. The summed E-state index contributed by atoms with van der Waals surface area (Å²) in [7, 11) is 3.14. The van der Waals surface area contributed by atoms with E-state index in [0.29, 0.717) is 39.7 Å². The molecule has 0 unspecified atom stereocenters. The number of nitrogens with two attached hydrogens (primary N) is 1. The molecule has 2 heterocycles. The van der Waals surface area contributed by atoms with Gasteiger partial charge in [0.2, 0.25) is 11.7 Å². The highest BCUT2D eigenvalue weighted by molar-refractivity contribution is 7.98. The third-order valence-electron chi connectivity index (χ3n) is 3.36. The number of rotatable bonds is 6. The molecule has 0 fully saturated rings. The van der Waals surface area contributed by atoms with Crippen LogP contribution >= 0.6 is 11.8 Å². The Balaban J connectivity index is 1.74. The Labute approximate surface area is 153 Å². The van der Waals surface area contributed by atoms with E-state index in [-0.39, 0.29) is 11.4 Å². The fraction of sp³-hybridized carbons (Fsp3) is 0.188. The molecule has 9 nitrogen and oxygen atoms in total. The number of anilines is 1. The van der Waals surface area contributed by atoms with Gasteiger partial charge in [0.25, 0.3) is 0 Å². The monoisotopic (exact) mass is 370 g/mol. The molecule has 3 rings (SSSR count). The Morgan fingerprint density at radius 1 is 1.27 bits per heavy atom. The molecule has 0 bridgehead atoms. The molecule has 2 aromatic heterocycles. The Hall–Kier alpha value is -3.32. The Kier molecular flexibility index (Phi) is 5.19. The van der Waals surface area contributed by atoms with Gasteiger partial charge in [-0.3, -0.25) is 0 Å². The molecular weight excluding hydrogens is 356 g/mol. The highest BCUT2D eigenvalue weighted by atomic mass is 32.2. The maximum absolute atomic E-state index is 8.84. The van der Waals surface area contributed by atoms with Crippen LogP contribution in [0.15, 0.2) is 34.1 Å². The van der Waals surface area contributed by atoms with Gasteiger partial charge in [-0.15, -0.1) is 0 Å². The lowest BCUT2D eigenvalue weighted by atomic mass is 10.2. The van der Waals surface area contributed by atoms with Gasteiger partial charge in [0.05, 0.1) is 31.7 Å². The molecule has 2 N–H and O–H groups in total. The lowest BCUT2D eigenvalue weighted by molar-refractivity contribution is 0.388. The number of aromatic nitrogens is 4. The number of nitrogens with zero attached hydrogens (tertiary/aromatic N) is 5. The lowest BCUT2D eigenvalue weighted by Gasteiger charge is -2.07. The second-order valence-electron chi connectivity index (χ2n) is 4.93. The zero-order valence-electron chi connectivity index (χ0n) is 14.0. The molecule has 132 valence electrons. The van der Waals surface area contributed by atoms with E-state index in [0.717, 1.165) is 0 Å². The van der Waals surface area contributed by atoms with Crippen molar-refractivity contribution in [1.82, 2.24) is 20.1 Å². The van der Waals surface area contributed by atoms with Gasteiger partial charge in [0.1, 0.15) is 28.9 Å². The number of nitrogen functional groups attached to an aromatic ring is 1. The van der Waals surface area contributed by atoms with Gasteiger partial charge >= 0.3 is 0 Å². The van der Waals surface area contributed by atoms with Gasteiger partial charge < -0.3 is 19.7 Å². The summed E-state index contributed by atoms with van der Waals surface area (Å²) in [6, 6.07) is 7.24. The summed E-state index contributed by atoms with van der Waals surface area (Å²) in [5.41, 5.74) is 6.60. The van der Waals surface area contributed by atoms with Crippen molar-refractivity contribution in [2.75, 3.05) is 20.0 Å². The van der Waals surface area contributed by atoms with Gasteiger partial charge in [-0.1, -0.05) is 16.9 Å². The lowest BCUT2D eigenvalue weighted by Crippen LogP contribution is -1.98. The summed E-state index contributed by atoms with van der Waals surface area (Å²) in [5.74, 6) is 2.54. The first-order chi connectivity index (χ1) is 12.6. The fourth-order valence-corrected chi connectivity index (χ4v) is 2.73. The van der Waals surface area contributed by atoms with E-state index < -0.39 is 0 Å². The van der Waals surface area contributed by atoms with Crippen molar-refractivity contribution >= 4 is 17.6 Å². The number of methoxy groups -OCH3 is 2. The molecule has 0 atom stereocenters. The molecule has 10 heteroatoms. The molecule has 0 aliphatic rings. The molecule has 0 saturated carbocycles. The average molecular weight is 370 g/mol. The fourth-order valence-electron chi connectivity index (χ4n) is 2.07. The van der Waals surface area contributed by atoms with Crippen molar-refractivity contribution in [1.29, 1.82) is 5.26 Å². The van der Waals surface area contributed by atoms with Crippen LogP contribution in [0.1, 0.15) is 11.5 Å². The van der Waals surface area contributed by atoms with Crippen LogP contribution < -0.4 is 15.2 Å². The van der Waals surface area contributed by atoms with Crippen LogP contribution in [0.2, 0.25) is 0 Å². The van der Waals surface area contributed by atoms with Crippen LogP contribution in [-0.4, -0.2) is 34.3 Å². The maximum Gasteiger partial charge on any atom is 0.237 e. The third kappa shape index (κ3) is 3.68. The standard InChI is InChI=1S/C16H14N6O3S/c1-23-10-3-4-11(12(5-10)24-2)15-20-13(25-22-15)8-26-16-19-7-9(6-17)14(18)21-16/h3-5,7H,8H2,1-2H3,(H2,18,19,21). The van der Waals surface area contributed by atoms with E-state index in [1.165, 1.54) is 18.0 Å². The zero-order chi connectivity index (χ0) is 18.5. The van der Waals surface area contributed by atoms with Gasteiger partial charge in [-0.2, -0.15) is 10.2 Å². The summed E-state index contributed by atoms with van der Waals surface area (Å²) in [4.78, 5) is 12.5. The van der Waals surface area contributed by atoms with Crippen molar-refractivity contribution in [3.05, 3.63) is 35.9 Å². The quantitative estimate of drug-likeness (QED) is 0.509. The van der Waals surface area contributed by atoms with Crippen LogP contribution in [0, 0.1) is 11.3 Å². The summed E-state index contributed by atoms with van der Waals surface area (Å²) < 4.78 is 15.8. The first-order valence-electron chi connectivity index (χ1n) is 7.35. The van der Waals surface area contributed by atoms with E-state index in [1.54, 1.807) is 32.4 Å². The van der Waals surface area contributed by atoms with Crippen molar-refractivity contribution in [2.45, 2.75) is 10.9 Å². The van der Waals surface area contributed by atoms with Crippen LogP contribution in [0.4, 0.5) is 5.82 Å². The third-order valence-corrected chi connectivity index (χ3v) is 4.21. The molecular formula is C16H14N6O3S. The predicted octanol–water partition coefficient (Wildman–Crippen LogP) is 2.29. The topological polar surface area (TPSA) is 133 Å². The van der Waals surface area contributed by atoms with E-state index in [2.05, 4.69) is 20.1 Å². The second kappa shape index (κ2) is 7.71. The normalized spacial score (nSPS) is 10.3. The van der Waals surface area contributed by atoms with Crippen LogP contribution in [-0.2, 0) is 5.75 Å². The number of benzene rings is 1. The Morgan fingerprint density at radius 3 is 2.81 bits per heavy atom. The SMILES string of the molecule is COc1ccc(-c2noc(CSc3ncc(C#N)c(N)n3)n2)c(OC)c1. The van der Waals surface area contributed by atoms with Crippen molar-refractivity contribution in [3.63, 3.8) is 0 Å². The maximum atomic E-state index is 8.84. The highest BCUT2D eigenvalue weighted by Crippen LogP contribution is 2.32. The first-order valence-corrected chi connectivity index (χ1v) is 8.33. The van der Waals surface area contributed by atoms with Crippen molar-refractivity contribution in [2.24, 2.45) is 0 Å². The van der Waals surface area contributed by atoms with Gasteiger partial charge in [0, 0.05) is 6.07 Å². The smallest absolute Gasteiger partial charge is 0.237 e. The molecule has 1 aromatic carbocycles. The van der Waals surface area contributed by atoms with E-state index in [1.807, 2.05) is 6.07 Å². The molecule has 0 amide bonds. The minimum atomic E-state index is 0.138. The van der Waals surface area contributed by atoms with Crippen molar-refractivity contribution in [3.8, 4) is 29.0 Å². The molecule has 0 radical (unpaired) electrons. The summed E-state index contributed by atoms with van der Waals surface area (Å²) in [6.45, 7) is 0. The molecule has 0 spiro atoms. The zero-order valence-corrected chi connectivity index (χ0v) is 14.8. The molecule has 0 aliphatic heterocycles. The number of thioether (sulfide) groups is 1. The van der Waals surface area contributed by atoms with E-state index in [9.17, 15) is 0 Å². The van der Waals surface area contributed by atoms with Gasteiger partial charge in [-0.05, 0) is 12.1 Å². The van der Waals surface area contributed by atoms with Gasteiger partial charge in [-0.25, -0.2) is 9.97 Å². The minimum Gasteiger partial charge on any atom is -0.497 e. The van der Waals surface area contributed by atoms with Crippen LogP contribution in [0.5, 0.6) is 11.5 Å². The van der Waals surface area contributed by atoms with Crippen LogP contribution in [0.25, 0.3) is 11.4 Å². The highest BCUT2D eigenvalue weighted by Gasteiger charge is 2.15. The van der Waals surface area contributed by atoms with Gasteiger partial charge in [0.15, 0.2) is 5.16 Å². The number of hydrogen-bond donors (Lipinski definition) is 1. The average Bonchev–Trinajstić information content (AvgIpc) is 3.14. The number of ether oxygens (including phenoxy) is 2. The molecule has 0 saturated heterocycles. The Bertz CT molecular complexity index is 969. The molecule has 0 aliphatic carbocycles. The number of hydrogen-bond acceptors (Lipinski definition) is 10. The van der Waals surface area contributed by atoms with Crippen LogP contribution in [0.3, 0.4) is 0 Å². The summed E-state index contributed by atoms with van der Waals surface area (Å²) in [5, 5.41) is 13.2. The predicted molar refractivity (Wildman–Crippen MR) is 93.6 cm³/mol. The summed E-state index contributed by atoms with van der Waals surface area (Å²) >= 11 is 1.27. The molecule has 3 aromatic rings. The van der Waals surface area contributed by atoms with E-state index >= 15 is 0 Å². The number of nitriles is 1. The largest absolute Gasteiger partial charge is 0.497 e. The van der Waals surface area contributed by atoms with Crippen molar-refractivity contribution < 1.29 is 14.0 Å². The van der Waals surface area contributed by atoms with E-state index in [4.69, 9.17) is 25.0 Å². The summed E-state index contributed by atoms with van der Waals surface area (Å²) in [6.07, 6.45) is 1.38. The molecule has 26 heavy (non-hydrogen) atoms. The Morgan fingerprint density at radius 2 is 2.12 bits per heavy atom. The minimum absolute atomic E-state index is 0.138.